The van der Waals surface area contributed by atoms with Crippen LogP contribution in [0.15, 0.2) is 12.1 Å². The monoisotopic (exact) mass is 323 g/mol. The number of amides is 1. The molecule has 1 aromatic rings. The van der Waals surface area contributed by atoms with E-state index in [1.165, 1.54) is 25.7 Å². The molecule has 0 aliphatic heterocycles. The average molecular weight is 324 g/mol. The number of benzene rings is 1. The Hall–Kier alpha value is -1.22. The van der Waals surface area contributed by atoms with Crippen LogP contribution in [0.3, 0.4) is 0 Å². The highest BCUT2D eigenvalue weighted by Gasteiger charge is 2.20. The number of carbonyl (C=O) groups is 1. The number of nitrogens with one attached hydrogen (secondary N) is 1. The quantitative estimate of drug-likeness (QED) is 0.825. The van der Waals surface area contributed by atoms with Crippen molar-refractivity contribution in [1.82, 2.24) is 5.32 Å². The Kier molecular flexibility index (Phi) is 6.13. The van der Waals surface area contributed by atoms with Gasteiger partial charge < -0.3 is 10.1 Å². The van der Waals surface area contributed by atoms with E-state index < -0.39 is 6.10 Å². The first-order chi connectivity index (χ1) is 10.5. The van der Waals surface area contributed by atoms with Crippen molar-refractivity contribution in [3.05, 3.63) is 28.3 Å². The number of hydrogen-bond donors (Lipinski definition) is 1. The summed E-state index contributed by atoms with van der Waals surface area (Å²) in [6, 6.07) is 4.06. The number of carbonyl (C=O) groups excluding carboxylic acids is 1. The fourth-order valence-corrected chi connectivity index (χ4v) is 3.08. The van der Waals surface area contributed by atoms with Gasteiger partial charge in [-0.2, -0.15) is 0 Å². The third-order valence-corrected chi connectivity index (χ3v) is 4.89. The molecule has 0 radical (unpaired) electrons. The second kappa shape index (κ2) is 7.87. The first-order valence-corrected chi connectivity index (χ1v) is 8.59. The zero-order valence-corrected chi connectivity index (χ0v) is 14.5. The molecule has 1 aliphatic rings. The zero-order chi connectivity index (χ0) is 16.1. The lowest BCUT2D eigenvalue weighted by Crippen LogP contribution is -2.42. The summed E-state index contributed by atoms with van der Waals surface area (Å²) in [5.41, 5.74) is 1.93. The smallest absolute Gasteiger partial charge is 0.260 e. The molecule has 1 saturated carbocycles. The third-order valence-electron chi connectivity index (χ3n) is 4.29. The van der Waals surface area contributed by atoms with Crippen LogP contribution < -0.4 is 10.1 Å². The molecule has 4 heteroatoms. The Balaban J connectivity index is 1.93. The molecule has 22 heavy (non-hydrogen) atoms. The van der Waals surface area contributed by atoms with Crippen LogP contribution in [-0.4, -0.2) is 18.1 Å². The second-order valence-electron chi connectivity index (χ2n) is 6.33. The molecule has 2 rings (SSSR count). The van der Waals surface area contributed by atoms with E-state index in [9.17, 15) is 4.79 Å². The van der Waals surface area contributed by atoms with Gasteiger partial charge in [0.2, 0.25) is 0 Å². The van der Waals surface area contributed by atoms with Gasteiger partial charge in [0.25, 0.3) is 5.91 Å². The Morgan fingerprint density at radius 1 is 1.18 bits per heavy atom. The van der Waals surface area contributed by atoms with Gasteiger partial charge in [-0.05, 0) is 56.9 Å². The standard InChI is InChI=1S/C18H26ClNO2/c1-12-10-16(11-13(2)17(12)19)22-14(3)18(21)20-15-8-6-4-5-7-9-15/h10-11,14-15H,4-9H2,1-3H3,(H,20,21). The number of ether oxygens (including phenoxy) is 1. The van der Waals surface area contributed by atoms with Crippen LogP contribution in [0.2, 0.25) is 5.02 Å². The molecule has 0 spiro atoms. The van der Waals surface area contributed by atoms with Crippen molar-refractivity contribution in [3.8, 4) is 5.75 Å². The predicted molar refractivity (Wildman–Crippen MR) is 90.6 cm³/mol. The van der Waals surface area contributed by atoms with E-state index in [0.29, 0.717) is 11.8 Å². The Morgan fingerprint density at radius 2 is 1.73 bits per heavy atom. The van der Waals surface area contributed by atoms with Crippen molar-refractivity contribution in [2.24, 2.45) is 0 Å². The van der Waals surface area contributed by atoms with Gasteiger partial charge in [-0.25, -0.2) is 0 Å². The van der Waals surface area contributed by atoms with Crippen LogP contribution in [0, 0.1) is 13.8 Å². The summed E-state index contributed by atoms with van der Waals surface area (Å²) < 4.78 is 5.79. The maximum atomic E-state index is 12.3. The molecule has 1 aliphatic carbocycles. The third kappa shape index (κ3) is 4.64. The molecule has 1 amide bonds. The predicted octanol–water partition coefficient (Wildman–Crippen LogP) is 4.56. The first-order valence-electron chi connectivity index (χ1n) is 8.21. The largest absolute Gasteiger partial charge is 0.481 e. The molecule has 0 aromatic heterocycles. The normalized spacial score (nSPS) is 17.6. The van der Waals surface area contributed by atoms with E-state index >= 15 is 0 Å². The fourth-order valence-electron chi connectivity index (χ4n) is 2.97. The van der Waals surface area contributed by atoms with E-state index in [1.807, 2.05) is 26.0 Å². The highest BCUT2D eigenvalue weighted by molar-refractivity contribution is 6.32. The molecule has 3 nitrogen and oxygen atoms in total. The van der Waals surface area contributed by atoms with Gasteiger partial charge in [-0.3, -0.25) is 4.79 Å². The molecule has 1 atom stereocenters. The molecule has 1 N–H and O–H groups in total. The zero-order valence-electron chi connectivity index (χ0n) is 13.7. The molecular formula is C18H26ClNO2. The van der Waals surface area contributed by atoms with Gasteiger partial charge in [0.1, 0.15) is 5.75 Å². The number of hydrogen-bond acceptors (Lipinski definition) is 2. The summed E-state index contributed by atoms with van der Waals surface area (Å²) in [5.74, 6) is 0.667. The van der Waals surface area contributed by atoms with Crippen molar-refractivity contribution in [2.75, 3.05) is 0 Å². The van der Waals surface area contributed by atoms with Crippen LogP contribution >= 0.6 is 11.6 Å². The highest BCUT2D eigenvalue weighted by Crippen LogP contribution is 2.26. The van der Waals surface area contributed by atoms with E-state index in [0.717, 1.165) is 29.0 Å². The maximum absolute atomic E-state index is 12.3. The fraction of sp³-hybridized carbons (Fsp3) is 0.611. The van der Waals surface area contributed by atoms with Crippen LogP contribution in [0.4, 0.5) is 0 Å². The Morgan fingerprint density at radius 3 is 2.27 bits per heavy atom. The van der Waals surface area contributed by atoms with Gasteiger partial charge >= 0.3 is 0 Å². The van der Waals surface area contributed by atoms with Crippen LogP contribution in [0.5, 0.6) is 5.75 Å². The van der Waals surface area contributed by atoms with Crippen molar-refractivity contribution in [1.29, 1.82) is 0 Å². The SMILES string of the molecule is Cc1cc(OC(C)C(=O)NC2CCCCCC2)cc(C)c1Cl. The van der Waals surface area contributed by atoms with E-state index in [4.69, 9.17) is 16.3 Å². The number of rotatable bonds is 4. The van der Waals surface area contributed by atoms with Crippen molar-refractivity contribution in [2.45, 2.75) is 71.4 Å². The topological polar surface area (TPSA) is 38.3 Å². The van der Waals surface area contributed by atoms with Gasteiger partial charge in [0.05, 0.1) is 0 Å². The lowest BCUT2D eigenvalue weighted by molar-refractivity contribution is -0.128. The second-order valence-corrected chi connectivity index (χ2v) is 6.71. The average Bonchev–Trinajstić information content (AvgIpc) is 2.73. The minimum atomic E-state index is -0.497. The van der Waals surface area contributed by atoms with Crippen LogP contribution in [-0.2, 0) is 4.79 Å². The Labute approximate surface area is 138 Å². The van der Waals surface area contributed by atoms with Gasteiger partial charge in [0.15, 0.2) is 6.10 Å². The first kappa shape index (κ1) is 17.1. The Bertz CT molecular complexity index is 499. The summed E-state index contributed by atoms with van der Waals surface area (Å²) in [4.78, 5) is 12.3. The molecule has 1 aromatic carbocycles. The summed E-state index contributed by atoms with van der Waals surface area (Å²) in [6.45, 7) is 5.68. The van der Waals surface area contributed by atoms with E-state index in [2.05, 4.69) is 5.32 Å². The maximum Gasteiger partial charge on any atom is 0.260 e. The molecule has 122 valence electrons. The van der Waals surface area contributed by atoms with Crippen LogP contribution in [0.25, 0.3) is 0 Å². The molecule has 1 unspecified atom stereocenters. The summed E-state index contributed by atoms with van der Waals surface area (Å²) in [7, 11) is 0. The highest BCUT2D eigenvalue weighted by atomic mass is 35.5. The van der Waals surface area contributed by atoms with Crippen molar-refractivity contribution in [3.63, 3.8) is 0 Å². The van der Waals surface area contributed by atoms with Crippen molar-refractivity contribution < 1.29 is 9.53 Å². The molecule has 0 bridgehead atoms. The minimum Gasteiger partial charge on any atom is -0.481 e. The number of aryl methyl sites for hydroxylation is 2. The van der Waals surface area contributed by atoms with Gasteiger partial charge in [-0.15, -0.1) is 0 Å². The number of halogens is 1. The van der Waals surface area contributed by atoms with Crippen molar-refractivity contribution >= 4 is 17.5 Å². The molecule has 0 heterocycles. The lowest BCUT2D eigenvalue weighted by Gasteiger charge is -2.20. The van der Waals surface area contributed by atoms with Crippen LogP contribution in [0.1, 0.15) is 56.6 Å². The minimum absolute atomic E-state index is 0.0304. The van der Waals surface area contributed by atoms with Gasteiger partial charge in [-0.1, -0.05) is 37.3 Å². The summed E-state index contributed by atoms with van der Waals surface area (Å²) in [5, 5.41) is 3.88. The van der Waals surface area contributed by atoms with E-state index in [-0.39, 0.29) is 5.91 Å². The summed E-state index contributed by atoms with van der Waals surface area (Å²) >= 11 is 6.16. The van der Waals surface area contributed by atoms with E-state index in [1.54, 1.807) is 6.92 Å². The molecule has 0 saturated heterocycles. The molecular weight excluding hydrogens is 298 g/mol. The molecule has 1 fully saturated rings. The summed E-state index contributed by atoms with van der Waals surface area (Å²) in [6.07, 6.45) is 6.63. The lowest BCUT2D eigenvalue weighted by atomic mass is 10.1. The van der Waals surface area contributed by atoms with Gasteiger partial charge in [0, 0.05) is 11.1 Å².